The van der Waals surface area contributed by atoms with Crippen molar-refractivity contribution in [2.24, 2.45) is 0 Å². The molecule has 0 aliphatic carbocycles. The summed E-state index contributed by atoms with van der Waals surface area (Å²) in [5.74, 6) is -0.970. The van der Waals surface area contributed by atoms with Gasteiger partial charge in [0, 0.05) is 5.02 Å². The number of ether oxygens (including phenoxy) is 2. The molecule has 0 aliphatic heterocycles. The summed E-state index contributed by atoms with van der Waals surface area (Å²) in [6.45, 7) is 1.64. The van der Waals surface area contributed by atoms with Gasteiger partial charge in [0.25, 0.3) is 5.91 Å². The van der Waals surface area contributed by atoms with Gasteiger partial charge in [0.05, 0.1) is 18.3 Å². The number of aliphatic carboxylic acids is 1. The Bertz CT molecular complexity index is 1020. The molecule has 0 aliphatic rings. The van der Waals surface area contributed by atoms with Crippen LogP contribution >= 0.6 is 11.6 Å². The highest BCUT2D eigenvalue weighted by Gasteiger charge is 2.24. The van der Waals surface area contributed by atoms with E-state index in [1.165, 1.54) is 0 Å². The summed E-state index contributed by atoms with van der Waals surface area (Å²) in [6, 6.07) is 21.5. The van der Waals surface area contributed by atoms with Gasteiger partial charge in [-0.05, 0) is 48.9 Å². The van der Waals surface area contributed by atoms with Gasteiger partial charge < -0.3 is 19.9 Å². The lowest BCUT2D eigenvalue weighted by Gasteiger charge is -2.19. The predicted molar refractivity (Wildman–Crippen MR) is 118 cm³/mol. The van der Waals surface area contributed by atoms with Crippen molar-refractivity contribution in [3.05, 3.63) is 95.0 Å². The number of para-hydroxylation sites is 1. The van der Waals surface area contributed by atoms with Gasteiger partial charge in [0.2, 0.25) is 0 Å². The first-order valence-corrected chi connectivity index (χ1v) is 10.0. The molecule has 0 bridgehead atoms. The first-order valence-electron chi connectivity index (χ1n) is 9.66. The Labute approximate surface area is 185 Å². The van der Waals surface area contributed by atoms with Gasteiger partial charge in [-0.2, -0.15) is 0 Å². The van der Waals surface area contributed by atoms with Gasteiger partial charge in [-0.25, -0.2) is 4.79 Å². The molecule has 6 nitrogen and oxygen atoms in total. The van der Waals surface area contributed by atoms with Crippen LogP contribution in [0.2, 0.25) is 5.02 Å². The van der Waals surface area contributed by atoms with E-state index in [2.05, 4.69) is 5.32 Å². The zero-order chi connectivity index (χ0) is 22.2. The maximum absolute atomic E-state index is 12.8. The molecule has 3 aromatic carbocycles. The third-order valence-corrected chi connectivity index (χ3v) is 4.81. The molecule has 160 valence electrons. The van der Waals surface area contributed by atoms with E-state index < -0.39 is 17.9 Å². The molecule has 0 aromatic heterocycles. The zero-order valence-corrected chi connectivity index (χ0v) is 17.6. The summed E-state index contributed by atoms with van der Waals surface area (Å²) in [5, 5.41) is 12.6. The minimum Gasteiger partial charge on any atom is -0.480 e. The second-order valence-corrected chi connectivity index (χ2v) is 7.24. The Hall–Kier alpha value is -3.35. The fraction of sp³-hybridized carbons (Fsp3) is 0.167. The number of halogens is 1. The molecule has 7 heteroatoms. The average Bonchev–Trinajstić information content (AvgIpc) is 2.78. The van der Waals surface area contributed by atoms with Crippen molar-refractivity contribution >= 4 is 23.5 Å². The van der Waals surface area contributed by atoms with Crippen LogP contribution in [0.25, 0.3) is 0 Å². The second-order valence-electron chi connectivity index (χ2n) is 6.80. The molecule has 0 spiro atoms. The molecule has 2 atom stereocenters. The van der Waals surface area contributed by atoms with Crippen LogP contribution in [0.3, 0.4) is 0 Å². The lowest BCUT2D eigenvalue weighted by molar-refractivity contribution is -0.141. The maximum atomic E-state index is 12.8. The van der Waals surface area contributed by atoms with Crippen molar-refractivity contribution in [3.8, 4) is 11.5 Å². The van der Waals surface area contributed by atoms with Crippen LogP contribution in [-0.4, -0.2) is 29.6 Å². The van der Waals surface area contributed by atoms with Crippen LogP contribution in [0, 0.1) is 0 Å². The van der Waals surface area contributed by atoms with Crippen LogP contribution < -0.4 is 10.1 Å². The molecule has 31 heavy (non-hydrogen) atoms. The van der Waals surface area contributed by atoms with E-state index in [1.807, 2.05) is 37.3 Å². The van der Waals surface area contributed by atoms with Crippen molar-refractivity contribution in [1.29, 1.82) is 0 Å². The van der Waals surface area contributed by atoms with Crippen LogP contribution in [0.4, 0.5) is 0 Å². The number of hydrogen-bond acceptors (Lipinski definition) is 4. The van der Waals surface area contributed by atoms with Gasteiger partial charge in [-0.15, -0.1) is 0 Å². The van der Waals surface area contributed by atoms with Crippen molar-refractivity contribution in [2.45, 2.75) is 19.1 Å². The first kappa shape index (κ1) is 22.3. The van der Waals surface area contributed by atoms with Crippen LogP contribution in [0.5, 0.6) is 11.5 Å². The second kappa shape index (κ2) is 10.6. The molecular formula is C24H22ClNO5. The molecule has 0 radical (unpaired) electrons. The standard InChI is InChI=1S/C24H22ClNO5/c1-16(17-7-3-2-4-8-17)30-15-21(24(28)29)26-23(27)20-9-5-6-10-22(20)31-19-13-11-18(25)12-14-19/h2-14,16,21H,15H2,1H3,(H,26,27)(H,28,29)/t16?,21-/m1/s1. The lowest BCUT2D eigenvalue weighted by Crippen LogP contribution is -2.44. The third-order valence-electron chi connectivity index (χ3n) is 4.56. The van der Waals surface area contributed by atoms with Crippen LogP contribution in [0.15, 0.2) is 78.9 Å². The number of benzene rings is 3. The molecule has 0 saturated heterocycles. The number of amides is 1. The molecular weight excluding hydrogens is 418 g/mol. The Morgan fingerprint density at radius 3 is 2.29 bits per heavy atom. The summed E-state index contributed by atoms with van der Waals surface area (Å²) in [4.78, 5) is 24.5. The number of carboxylic acids is 1. The van der Waals surface area contributed by atoms with E-state index in [0.29, 0.717) is 16.5 Å². The highest BCUT2D eigenvalue weighted by atomic mass is 35.5. The number of carboxylic acid groups (broad SMARTS) is 1. The summed E-state index contributed by atoms with van der Waals surface area (Å²) in [6.07, 6.45) is -0.319. The summed E-state index contributed by atoms with van der Waals surface area (Å²) in [7, 11) is 0. The first-order chi connectivity index (χ1) is 14.9. The molecule has 0 saturated carbocycles. The van der Waals surface area contributed by atoms with Crippen molar-refractivity contribution < 1.29 is 24.2 Å². The number of hydrogen-bond donors (Lipinski definition) is 2. The normalized spacial score (nSPS) is 12.6. The van der Waals surface area contributed by atoms with Crippen molar-refractivity contribution in [3.63, 3.8) is 0 Å². The zero-order valence-electron chi connectivity index (χ0n) is 16.8. The number of carbonyl (C=O) groups excluding carboxylic acids is 1. The molecule has 3 rings (SSSR count). The topological polar surface area (TPSA) is 84.9 Å². The SMILES string of the molecule is CC(OC[C@@H](NC(=O)c1ccccc1Oc1ccc(Cl)cc1)C(=O)O)c1ccccc1. The lowest BCUT2D eigenvalue weighted by atomic mass is 10.1. The average molecular weight is 440 g/mol. The third kappa shape index (κ3) is 6.31. The van der Waals surface area contributed by atoms with Crippen molar-refractivity contribution in [2.75, 3.05) is 6.61 Å². The summed E-state index contributed by atoms with van der Waals surface area (Å²) >= 11 is 5.89. The van der Waals surface area contributed by atoms with E-state index in [0.717, 1.165) is 5.56 Å². The van der Waals surface area contributed by atoms with E-state index in [-0.39, 0.29) is 18.3 Å². The van der Waals surface area contributed by atoms with E-state index in [9.17, 15) is 14.7 Å². The van der Waals surface area contributed by atoms with E-state index in [1.54, 1.807) is 48.5 Å². The van der Waals surface area contributed by atoms with Gasteiger partial charge in [-0.3, -0.25) is 4.79 Å². The molecule has 1 unspecified atom stereocenters. The monoisotopic (exact) mass is 439 g/mol. The Morgan fingerprint density at radius 2 is 1.61 bits per heavy atom. The van der Waals surface area contributed by atoms with Crippen LogP contribution in [-0.2, 0) is 9.53 Å². The molecule has 2 N–H and O–H groups in total. The fourth-order valence-electron chi connectivity index (χ4n) is 2.84. The predicted octanol–water partition coefficient (Wildman–Crippen LogP) is 5.09. The fourth-order valence-corrected chi connectivity index (χ4v) is 2.97. The largest absolute Gasteiger partial charge is 0.480 e. The Morgan fingerprint density at radius 1 is 0.968 bits per heavy atom. The molecule has 0 fully saturated rings. The molecule has 3 aromatic rings. The highest BCUT2D eigenvalue weighted by Crippen LogP contribution is 2.26. The quantitative estimate of drug-likeness (QED) is 0.485. The Balaban J connectivity index is 1.68. The van der Waals surface area contributed by atoms with Crippen molar-refractivity contribution in [1.82, 2.24) is 5.32 Å². The smallest absolute Gasteiger partial charge is 0.328 e. The highest BCUT2D eigenvalue weighted by molar-refractivity contribution is 6.30. The minimum atomic E-state index is -1.22. The Kier molecular flexibility index (Phi) is 7.65. The number of nitrogens with one attached hydrogen (secondary N) is 1. The van der Waals surface area contributed by atoms with Gasteiger partial charge in [0.1, 0.15) is 11.5 Å². The number of rotatable bonds is 9. The van der Waals surface area contributed by atoms with Gasteiger partial charge in [0.15, 0.2) is 6.04 Å². The summed E-state index contributed by atoms with van der Waals surface area (Å²) in [5.41, 5.74) is 1.12. The minimum absolute atomic E-state index is 0.183. The molecule has 0 heterocycles. The maximum Gasteiger partial charge on any atom is 0.328 e. The van der Waals surface area contributed by atoms with Crippen LogP contribution in [0.1, 0.15) is 28.9 Å². The summed E-state index contributed by atoms with van der Waals surface area (Å²) < 4.78 is 11.5. The van der Waals surface area contributed by atoms with Gasteiger partial charge >= 0.3 is 5.97 Å². The van der Waals surface area contributed by atoms with Gasteiger partial charge in [-0.1, -0.05) is 54.1 Å². The molecule has 1 amide bonds. The number of carbonyl (C=O) groups is 2. The van der Waals surface area contributed by atoms with E-state index in [4.69, 9.17) is 21.1 Å². The van der Waals surface area contributed by atoms with E-state index >= 15 is 0 Å².